The molecule has 2 nitrogen and oxygen atoms in total. The van der Waals surface area contributed by atoms with E-state index in [0.717, 1.165) is 18.3 Å². The van der Waals surface area contributed by atoms with Gasteiger partial charge in [-0.2, -0.15) is 0 Å². The van der Waals surface area contributed by atoms with Crippen molar-refractivity contribution in [1.82, 2.24) is 4.67 Å². The molecule has 0 aliphatic rings. The van der Waals surface area contributed by atoms with Crippen molar-refractivity contribution in [3.05, 3.63) is 0 Å². The van der Waals surface area contributed by atoms with Gasteiger partial charge in [-0.05, 0) is 26.9 Å². The molecule has 0 aliphatic heterocycles. The summed E-state index contributed by atoms with van der Waals surface area (Å²) in [5.41, 5.74) is 0. The maximum Gasteiger partial charge on any atom is 0.202 e. The molecule has 0 aromatic rings. The first-order valence-corrected chi connectivity index (χ1v) is 8.41. The fraction of sp³-hybridized carbons (Fsp3) is 1.00. The maximum absolute atomic E-state index is 12.3. The second-order valence-corrected chi connectivity index (χ2v) is 9.07. The normalized spacial score (nSPS) is 16.1. The van der Waals surface area contributed by atoms with Crippen LogP contribution in [-0.2, 0) is 4.57 Å². The Morgan fingerprint density at radius 1 is 1.23 bits per heavy atom. The first-order chi connectivity index (χ1) is 6.06. The molecule has 0 aliphatic carbocycles. The van der Waals surface area contributed by atoms with Crippen molar-refractivity contribution in [2.45, 2.75) is 33.1 Å². The first kappa shape index (κ1) is 13.5. The highest BCUT2D eigenvalue weighted by atomic mass is 32.7. The molecule has 0 saturated carbocycles. The van der Waals surface area contributed by atoms with Crippen LogP contribution in [0.5, 0.6) is 0 Å². The van der Waals surface area contributed by atoms with Gasteiger partial charge in [-0.15, -0.1) is 0 Å². The van der Waals surface area contributed by atoms with Gasteiger partial charge in [-0.3, -0.25) is 9.24 Å². The molecule has 1 atom stereocenters. The van der Waals surface area contributed by atoms with Gasteiger partial charge in [-0.25, -0.2) is 0 Å². The lowest BCUT2D eigenvalue weighted by molar-refractivity contribution is 0.529. The molecule has 0 bridgehead atoms. The molecule has 0 heterocycles. The molecule has 0 spiro atoms. The largest absolute Gasteiger partial charge is 0.295 e. The Bertz CT molecular complexity index is 173. The Morgan fingerprint density at radius 3 is 2.23 bits per heavy atom. The summed E-state index contributed by atoms with van der Waals surface area (Å²) in [5.74, 6) is 1.03. The van der Waals surface area contributed by atoms with Gasteiger partial charge in [0.25, 0.3) is 0 Å². The van der Waals surface area contributed by atoms with Gasteiger partial charge < -0.3 is 0 Å². The molecule has 80 valence electrons. The van der Waals surface area contributed by atoms with Crippen molar-refractivity contribution in [2.24, 2.45) is 0 Å². The van der Waals surface area contributed by atoms with Crippen molar-refractivity contribution >= 4 is 17.9 Å². The van der Waals surface area contributed by atoms with E-state index in [1.54, 1.807) is 11.4 Å². The van der Waals surface area contributed by atoms with Crippen LogP contribution in [0, 0.1) is 0 Å². The number of hydrogen-bond donors (Lipinski definition) is 0. The van der Waals surface area contributed by atoms with Gasteiger partial charge in [0.05, 0.1) is 0 Å². The van der Waals surface area contributed by atoms with Crippen LogP contribution in [0.15, 0.2) is 0 Å². The highest BCUT2D eigenvalue weighted by Crippen LogP contribution is 2.60. The van der Waals surface area contributed by atoms with Crippen molar-refractivity contribution in [3.8, 4) is 0 Å². The van der Waals surface area contributed by atoms with Crippen molar-refractivity contribution < 1.29 is 4.57 Å². The summed E-state index contributed by atoms with van der Waals surface area (Å²) >= 11 is 1.66. The second-order valence-electron chi connectivity index (χ2n) is 3.40. The Balaban J connectivity index is 4.01. The van der Waals surface area contributed by atoms with Crippen LogP contribution < -0.4 is 0 Å². The predicted octanol–water partition coefficient (Wildman–Crippen LogP) is 3.68. The number of nitrogens with zero attached hydrogens (tertiary/aromatic N) is 1. The highest BCUT2D eigenvalue weighted by molar-refractivity contribution is 8.57. The monoisotopic (exact) mass is 223 g/mol. The van der Waals surface area contributed by atoms with Gasteiger partial charge in [0.15, 0.2) is 0 Å². The third kappa shape index (κ3) is 5.09. The minimum Gasteiger partial charge on any atom is -0.295 e. The Kier molecular flexibility index (Phi) is 7.20. The summed E-state index contributed by atoms with van der Waals surface area (Å²) < 4.78 is 14.2. The van der Waals surface area contributed by atoms with E-state index < -0.39 is 6.49 Å². The van der Waals surface area contributed by atoms with Crippen molar-refractivity contribution in [3.63, 3.8) is 0 Å². The summed E-state index contributed by atoms with van der Waals surface area (Å²) in [4.78, 5) is 0. The molecule has 1 unspecified atom stereocenters. The minimum absolute atomic E-state index is 0.842. The number of unbranched alkanes of at least 4 members (excludes halogenated alkanes) is 1. The van der Waals surface area contributed by atoms with Gasteiger partial charge in [0.2, 0.25) is 6.49 Å². The molecule has 0 amide bonds. The maximum atomic E-state index is 12.3. The average Bonchev–Trinajstić information content (AvgIpc) is 2.05. The Morgan fingerprint density at radius 2 is 1.85 bits per heavy atom. The molecule has 13 heavy (non-hydrogen) atoms. The lowest BCUT2D eigenvalue weighted by Gasteiger charge is -2.23. The van der Waals surface area contributed by atoms with E-state index in [2.05, 4.69) is 13.8 Å². The fourth-order valence-electron chi connectivity index (χ4n) is 1.01. The van der Waals surface area contributed by atoms with Crippen LogP contribution in [-0.4, -0.2) is 30.7 Å². The zero-order chi connectivity index (χ0) is 10.3. The lowest BCUT2D eigenvalue weighted by Crippen LogP contribution is -2.08. The van der Waals surface area contributed by atoms with E-state index in [1.165, 1.54) is 12.8 Å². The van der Waals surface area contributed by atoms with Crippen LogP contribution in [0.2, 0.25) is 0 Å². The molecular weight excluding hydrogens is 201 g/mol. The van der Waals surface area contributed by atoms with E-state index in [9.17, 15) is 4.57 Å². The van der Waals surface area contributed by atoms with Crippen LogP contribution in [0.1, 0.15) is 33.1 Å². The van der Waals surface area contributed by atoms with E-state index in [1.807, 2.05) is 18.8 Å². The topological polar surface area (TPSA) is 20.3 Å². The average molecular weight is 223 g/mol. The Hall–Kier alpha value is 0.540. The van der Waals surface area contributed by atoms with Gasteiger partial charge >= 0.3 is 0 Å². The van der Waals surface area contributed by atoms with E-state index in [4.69, 9.17) is 0 Å². The summed E-state index contributed by atoms with van der Waals surface area (Å²) in [6, 6.07) is 0. The fourth-order valence-corrected chi connectivity index (χ4v) is 5.91. The summed E-state index contributed by atoms with van der Waals surface area (Å²) in [6.45, 7) is 2.19. The first-order valence-electron chi connectivity index (χ1n) is 4.98. The van der Waals surface area contributed by atoms with E-state index >= 15 is 0 Å². The van der Waals surface area contributed by atoms with Crippen LogP contribution >= 0.6 is 17.9 Å². The standard InChI is InChI=1S/C9H22NOPS/c1-5-7-9-13-12(11,8-6-2)10(3)4/h5-9H2,1-4H3. The van der Waals surface area contributed by atoms with E-state index in [0.29, 0.717) is 0 Å². The highest BCUT2D eigenvalue weighted by Gasteiger charge is 2.23. The zero-order valence-electron chi connectivity index (χ0n) is 9.25. The molecule has 0 saturated heterocycles. The summed E-state index contributed by atoms with van der Waals surface area (Å²) in [6.07, 6.45) is 4.21. The smallest absolute Gasteiger partial charge is 0.202 e. The van der Waals surface area contributed by atoms with Crippen LogP contribution in [0.4, 0.5) is 0 Å². The van der Waals surface area contributed by atoms with Crippen molar-refractivity contribution in [2.75, 3.05) is 26.0 Å². The lowest BCUT2D eigenvalue weighted by atomic mass is 10.4. The van der Waals surface area contributed by atoms with Crippen molar-refractivity contribution in [1.29, 1.82) is 0 Å². The zero-order valence-corrected chi connectivity index (χ0v) is 11.0. The van der Waals surface area contributed by atoms with E-state index in [-0.39, 0.29) is 0 Å². The Labute approximate surface area is 86.6 Å². The second kappa shape index (κ2) is 6.92. The number of hydrogen-bond acceptors (Lipinski definition) is 2. The quantitative estimate of drug-likeness (QED) is 0.485. The molecule has 0 radical (unpaired) electrons. The molecule has 0 aromatic heterocycles. The predicted molar refractivity (Wildman–Crippen MR) is 63.8 cm³/mol. The molecule has 0 fully saturated rings. The SMILES string of the molecule is CCCCSP(=O)(CCC)N(C)C. The molecule has 4 heteroatoms. The number of rotatable bonds is 7. The molecular formula is C9H22NOPS. The molecule has 0 N–H and O–H groups in total. The van der Waals surface area contributed by atoms with Gasteiger partial charge in [0.1, 0.15) is 0 Å². The van der Waals surface area contributed by atoms with Crippen LogP contribution in [0.3, 0.4) is 0 Å². The third-order valence-corrected chi connectivity index (χ3v) is 8.30. The molecule has 0 rings (SSSR count). The summed E-state index contributed by atoms with van der Waals surface area (Å²) in [5, 5.41) is 0. The van der Waals surface area contributed by atoms with Gasteiger partial charge in [-0.1, -0.05) is 31.7 Å². The summed E-state index contributed by atoms with van der Waals surface area (Å²) in [7, 11) is 3.85. The third-order valence-electron chi connectivity index (χ3n) is 1.91. The van der Waals surface area contributed by atoms with Gasteiger partial charge in [0, 0.05) is 11.9 Å². The molecule has 0 aromatic carbocycles. The van der Waals surface area contributed by atoms with Crippen LogP contribution in [0.25, 0.3) is 0 Å². The minimum atomic E-state index is -2.07.